The summed E-state index contributed by atoms with van der Waals surface area (Å²) in [7, 11) is 0. The zero-order valence-electron chi connectivity index (χ0n) is 16.3. The van der Waals surface area contributed by atoms with Gasteiger partial charge < -0.3 is 15.5 Å². The fraction of sp³-hybridized carbons (Fsp3) is 0.632. The molecule has 7 nitrogen and oxygen atoms in total. The van der Waals surface area contributed by atoms with Crippen molar-refractivity contribution in [2.24, 2.45) is 0 Å². The number of carbonyl (C=O) groups is 1. The number of nitro groups is 1. The van der Waals surface area contributed by atoms with E-state index in [0.717, 1.165) is 44.6 Å². The van der Waals surface area contributed by atoms with E-state index < -0.39 is 33.9 Å². The van der Waals surface area contributed by atoms with E-state index in [-0.39, 0.29) is 18.7 Å². The van der Waals surface area contributed by atoms with E-state index in [1.165, 1.54) is 6.92 Å². The smallest absolute Gasteiger partial charge is 0.396 e. The van der Waals surface area contributed by atoms with Gasteiger partial charge in [0.05, 0.1) is 4.92 Å². The average Bonchev–Trinajstić information content (AvgIpc) is 2.62. The van der Waals surface area contributed by atoms with Crippen molar-refractivity contribution in [2.75, 3.05) is 11.9 Å². The number of aliphatic hydroxyl groups is 2. The highest BCUT2D eigenvalue weighted by Crippen LogP contribution is 2.37. The second kappa shape index (κ2) is 11.1. The third-order valence-electron chi connectivity index (χ3n) is 4.57. The number of nitrogens with one attached hydrogen (secondary N) is 1. The molecule has 1 aromatic rings. The van der Waals surface area contributed by atoms with E-state index in [4.69, 9.17) is 5.11 Å². The van der Waals surface area contributed by atoms with Gasteiger partial charge in [0, 0.05) is 18.4 Å². The van der Waals surface area contributed by atoms with Gasteiger partial charge in [0.25, 0.3) is 11.6 Å². The largest absolute Gasteiger partial charge is 0.423 e. The highest BCUT2D eigenvalue weighted by atomic mass is 19.4. The lowest BCUT2D eigenvalue weighted by atomic mass is 9.96. The number of alkyl halides is 3. The molecule has 0 aliphatic heterocycles. The Morgan fingerprint density at radius 3 is 2.17 bits per heavy atom. The minimum absolute atomic E-state index is 0.134. The van der Waals surface area contributed by atoms with E-state index in [0.29, 0.717) is 18.6 Å². The minimum atomic E-state index is -4.96. The topological polar surface area (TPSA) is 113 Å². The standard InChI is InChI=1S/C19H27F3N2O5/c1-18(27,11-7-5-3-2-4-6-8-12-25)17(26)23-14-9-10-16(24(28)29)15(13-14)19(20,21)22/h9-10,13,25,27H,2-8,11-12H2,1H3,(H,23,26). The predicted molar refractivity (Wildman–Crippen MR) is 101 cm³/mol. The van der Waals surface area contributed by atoms with Crippen LogP contribution in [0.5, 0.6) is 0 Å². The molecule has 29 heavy (non-hydrogen) atoms. The van der Waals surface area contributed by atoms with Gasteiger partial charge in [-0.25, -0.2) is 0 Å². The van der Waals surface area contributed by atoms with Crippen molar-refractivity contribution in [3.63, 3.8) is 0 Å². The lowest BCUT2D eigenvalue weighted by Crippen LogP contribution is -2.40. The number of aliphatic hydroxyl groups excluding tert-OH is 1. The quantitative estimate of drug-likeness (QED) is 0.263. The number of amides is 1. The van der Waals surface area contributed by atoms with Crippen LogP contribution in [-0.2, 0) is 11.0 Å². The van der Waals surface area contributed by atoms with Gasteiger partial charge in [0.2, 0.25) is 0 Å². The summed E-state index contributed by atoms with van der Waals surface area (Å²) in [6.07, 6.45) is 1.15. The Balaban J connectivity index is 2.62. The van der Waals surface area contributed by atoms with Crippen LogP contribution in [0.2, 0.25) is 0 Å². The van der Waals surface area contributed by atoms with E-state index in [9.17, 15) is 33.2 Å². The number of anilines is 1. The van der Waals surface area contributed by atoms with Gasteiger partial charge in [-0.1, -0.05) is 38.5 Å². The Hall–Kier alpha value is -2.20. The second-order valence-electron chi connectivity index (χ2n) is 7.16. The summed E-state index contributed by atoms with van der Waals surface area (Å²) < 4.78 is 39.1. The van der Waals surface area contributed by atoms with Gasteiger partial charge in [0.15, 0.2) is 0 Å². The van der Waals surface area contributed by atoms with Crippen molar-refractivity contribution < 1.29 is 33.1 Å². The summed E-state index contributed by atoms with van der Waals surface area (Å²) in [6.45, 7) is 1.46. The highest BCUT2D eigenvalue weighted by molar-refractivity contribution is 5.97. The summed E-state index contributed by atoms with van der Waals surface area (Å²) in [6, 6.07) is 2.15. The van der Waals surface area contributed by atoms with Crippen molar-refractivity contribution in [1.29, 1.82) is 0 Å². The molecule has 1 atom stereocenters. The van der Waals surface area contributed by atoms with E-state index in [2.05, 4.69) is 5.32 Å². The van der Waals surface area contributed by atoms with E-state index >= 15 is 0 Å². The maximum atomic E-state index is 13.0. The molecule has 1 aromatic carbocycles. The molecule has 0 heterocycles. The number of hydrogen-bond donors (Lipinski definition) is 3. The molecule has 1 rings (SSSR count). The molecule has 0 bridgehead atoms. The third kappa shape index (κ3) is 8.36. The molecule has 0 aliphatic rings. The first-order chi connectivity index (χ1) is 13.5. The van der Waals surface area contributed by atoms with Crippen LogP contribution >= 0.6 is 0 Å². The number of benzene rings is 1. The van der Waals surface area contributed by atoms with Gasteiger partial charge >= 0.3 is 6.18 Å². The highest BCUT2D eigenvalue weighted by Gasteiger charge is 2.39. The zero-order valence-corrected chi connectivity index (χ0v) is 16.3. The maximum Gasteiger partial charge on any atom is 0.423 e. The van der Waals surface area contributed by atoms with Gasteiger partial charge in [0.1, 0.15) is 11.2 Å². The monoisotopic (exact) mass is 420 g/mol. The Labute approximate surface area is 167 Å². The van der Waals surface area contributed by atoms with Crippen LogP contribution in [0.25, 0.3) is 0 Å². The summed E-state index contributed by atoms with van der Waals surface area (Å²) in [4.78, 5) is 21.9. The number of nitro benzene ring substituents is 1. The Morgan fingerprint density at radius 1 is 1.10 bits per heavy atom. The first-order valence-electron chi connectivity index (χ1n) is 9.49. The van der Waals surface area contributed by atoms with Crippen LogP contribution in [0.15, 0.2) is 18.2 Å². The Bertz CT molecular complexity index is 693. The normalized spacial score (nSPS) is 13.7. The molecule has 0 radical (unpaired) electrons. The first-order valence-corrected chi connectivity index (χ1v) is 9.49. The molecule has 10 heteroatoms. The third-order valence-corrected chi connectivity index (χ3v) is 4.57. The van der Waals surface area contributed by atoms with Gasteiger partial charge in [-0.15, -0.1) is 0 Å². The lowest BCUT2D eigenvalue weighted by Gasteiger charge is -2.22. The number of nitrogens with zero attached hydrogens (tertiary/aromatic N) is 1. The molecule has 3 N–H and O–H groups in total. The number of rotatable bonds is 12. The fourth-order valence-electron chi connectivity index (χ4n) is 2.84. The molecule has 0 fully saturated rings. The number of unbranched alkanes of at least 4 members (excludes halogenated alkanes) is 6. The Morgan fingerprint density at radius 2 is 1.66 bits per heavy atom. The molecule has 0 saturated carbocycles. The van der Waals surface area contributed by atoms with Crippen LogP contribution in [0.1, 0.15) is 63.9 Å². The van der Waals surface area contributed by atoms with Crippen LogP contribution in [-0.4, -0.2) is 33.3 Å². The fourth-order valence-corrected chi connectivity index (χ4v) is 2.84. The van der Waals surface area contributed by atoms with Crippen LogP contribution < -0.4 is 5.32 Å². The van der Waals surface area contributed by atoms with Gasteiger partial charge in [-0.05, 0) is 31.9 Å². The molecular weight excluding hydrogens is 393 g/mol. The van der Waals surface area contributed by atoms with Crippen LogP contribution in [0, 0.1) is 10.1 Å². The molecule has 164 valence electrons. The first kappa shape index (κ1) is 24.8. The molecule has 0 saturated heterocycles. The van der Waals surface area contributed by atoms with Gasteiger partial charge in [-0.3, -0.25) is 14.9 Å². The molecule has 0 spiro atoms. The molecule has 1 unspecified atom stereocenters. The van der Waals surface area contributed by atoms with Gasteiger partial charge in [-0.2, -0.15) is 13.2 Å². The van der Waals surface area contributed by atoms with Crippen molar-refractivity contribution in [3.8, 4) is 0 Å². The number of carbonyl (C=O) groups excluding carboxylic acids is 1. The lowest BCUT2D eigenvalue weighted by molar-refractivity contribution is -0.388. The van der Waals surface area contributed by atoms with Crippen LogP contribution in [0.4, 0.5) is 24.5 Å². The number of hydrogen-bond acceptors (Lipinski definition) is 5. The zero-order chi connectivity index (χ0) is 22.1. The summed E-state index contributed by atoms with van der Waals surface area (Å²) in [5, 5.41) is 32.0. The summed E-state index contributed by atoms with van der Waals surface area (Å²) >= 11 is 0. The molecular formula is C19H27F3N2O5. The van der Waals surface area contributed by atoms with E-state index in [1.54, 1.807) is 0 Å². The van der Waals surface area contributed by atoms with Crippen molar-refractivity contribution in [1.82, 2.24) is 0 Å². The molecule has 0 aliphatic carbocycles. The molecule has 1 amide bonds. The van der Waals surface area contributed by atoms with Crippen molar-refractivity contribution in [2.45, 2.75) is 70.1 Å². The molecule has 0 aromatic heterocycles. The summed E-state index contributed by atoms with van der Waals surface area (Å²) in [5.74, 6) is -0.873. The van der Waals surface area contributed by atoms with E-state index in [1.807, 2.05) is 0 Å². The number of halogens is 3. The maximum absolute atomic E-state index is 13.0. The minimum Gasteiger partial charge on any atom is -0.396 e. The second-order valence-corrected chi connectivity index (χ2v) is 7.16. The van der Waals surface area contributed by atoms with Crippen LogP contribution in [0.3, 0.4) is 0 Å². The predicted octanol–water partition coefficient (Wildman–Crippen LogP) is 4.42. The van der Waals surface area contributed by atoms with Crippen molar-refractivity contribution >= 4 is 17.3 Å². The average molecular weight is 420 g/mol. The van der Waals surface area contributed by atoms with Crippen molar-refractivity contribution in [3.05, 3.63) is 33.9 Å². The summed E-state index contributed by atoms with van der Waals surface area (Å²) in [5.41, 5.74) is -4.64. The Kier molecular flexibility index (Phi) is 9.51. The SMILES string of the molecule is CC(O)(CCCCCCCCCO)C(=O)Nc1ccc([N+](=O)[O-])c(C(F)(F)F)c1.